The summed E-state index contributed by atoms with van der Waals surface area (Å²) in [6, 6.07) is 12.3. The molecule has 0 fully saturated rings. The Morgan fingerprint density at radius 2 is 1.63 bits per heavy atom. The van der Waals surface area contributed by atoms with E-state index in [-0.39, 0.29) is 12.5 Å². The summed E-state index contributed by atoms with van der Waals surface area (Å²) in [7, 11) is 0. The fraction of sp³-hybridized carbons (Fsp3) is 0.391. The Morgan fingerprint density at radius 1 is 0.867 bits per heavy atom. The Bertz CT molecular complexity index is 836. The highest BCUT2D eigenvalue weighted by atomic mass is 16.5. The van der Waals surface area contributed by atoms with Crippen LogP contribution in [0.4, 0.5) is 0 Å². The van der Waals surface area contributed by atoms with Gasteiger partial charge < -0.3 is 24.3 Å². The maximum Gasteiger partial charge on any atom is 0.338 e. The van der Waals surface area contributed by atoms with E-state index in [1.54, 1.807) is 31.2 Å². The van der Waals surface area contributed by atoms with E-state index in [2.05, 4.69) is 5.32 Å². The second-order valence-electron chi connectivity index (χ2n) is 6.28. The molecule has 2 aromatic carbocycles. The third-order valence-corrected chi connectivity index (χ3v) is 4.06. The minimum atomic E-state index is -0.422. The third-order valence-electron chi connectivity index (χ3n) is 4.06. The van der Waals surface area contributed by atoms with Crippen molar-refractivity contribution in [2.45, 2.75) is 27.2 Å². The van der Waals surface area contributed by atoms with Gasteiger partial charge in [-0.15, -0.1) is 0 Å². The fourth-order valence-electron chi connectivity index (χ4n) is 2.72. The Kier molecular flexibility index (Phi) is 9.51. The van der Waals surface area contributed by atoms with E-state index in [0.29, 0.717) is 55.6 Å². The van der Waals surface area contributed by atoms with E-state index in [1.165, 1.54) is 0 Å². The van der Waals surface area contributed by atoms with Crippen LogP contribution in [-0.2, 0) is 16.0 Å². The summed E-state index contributed by atoms with van der Waals surface area (Å²) in [6.45, 7) is 7.33. The summed E-state index contributed by atoms with van der Waals surface area (Å²) in [4.78, 5) is 23.8. The second-order valence-corrected chi connectivity index (χ2v) is 6.28. The number of benzene rings is 2. The molecule has 0 aromatic heterocycles. The van der Waals surface area contributed by atoms with Gasteiger partial charge in [-0.1, -0.05) is 12.1 Å². The lowest BCUT2D eigenvalue weighted by Crippen LogP contribution is -2.30. The number of hydrogen-bond acceptors (Lipinski definition) is 6. The topological polar surface area (TPSA) is 83.1 Å². The van der Waals surface area contributed by atoms with E-state index in [4.69, 9.17) is 18.9 Å². The fourth-order valence-corrected chi connectivity index (χ4v) is 2.72. The van der Waals surface area contributed by atoms with Crippen LogP contribution in [0.3, 0.4) is 0 Å². The lowest BCUT2D eigenvalue weighted by Gasteiger charge is -2.13. The van der Waals surface area contributed by atoms with Gasteiger partial charge in [0.25, 0.3) is 5.91 Å². The first-order valence-electron chi connectivity index (χ1n) is 10.1. The van der Waals surface area contributed by atoms with Crippen LogP contribution in [-0.4, -0.2) is 44.8 Å². The molecule has 30 heavy (non-hydrogen) atoms. The minimum Gasteiger partial charge on any atom is -0.490 e. The molecule has 0 radical (unpaired) electrons. The third kappa shape index (κ3) is 7.31. The number of ether oxygens (including phenoxy) is 4. The molecule has 0 saturated carbocycles. The van der Waals surface area contributed by atoms with Gasteiger partial charge in [-0.25, -0.2) is 4.79 Å². The molecule has 7 nitrogen and oxygen atoms in total. The molecule has 1 N–H and O–H groups in total. The first-order chi connectivity index (χ1) is 14.6. The normalized spacial score (nSPS) is 10.2. The van der Waals surface area contributed by atoms with Crippen LogP contribution >= 0.6 is 0 Å². The number of hydrogen-bond donors (Lipinski definition) is 1. The van der Waals surface area contributed by atoms with Crippen LogP contribution in [0.5, 0.6) is 17.2 Å². The van der Waals surface area contributed by atoms with Crippen molar-refractivity contribution in [3.8, 4) is 17.2 Å². The largest absolute Gasteiger partial charge is 0.490 e. The van der Waals surface area contributed by atoms with Gasteiger partial charge in [0.1, 0.15) is 5.75 Å². The van der Waals surface area contributed by atoms with Crippen LogP contribution < -0.4 is 19.5 Å². The maximum atomic E-state index is 12.1. The van der Waals surface area contributed by atoms with E-state index in [0.717, 1.165) is 5.56 Å². The van der Waals surface area contributed by atoms with Crippen LogP contribution in [0.25, 0.3) is 0 Å². The zero-order valence-electron chi connectivity index (χ0n) is 17.7. The van der Waals surface area contributed by atoms with Crippen LogP contribution in [0.2, 0.25) is 0 Å². The van der Waals surface area contributed by atoms with Crippen molar-refractivity contribution in [3.05, 3.63) is 53.6 Å². The maximum absolute atomic E-state index is 12.1. The Hall–Kier alpha value is -3.22. The molecule has 0 aliphatic carbocycles. The van der Waals surface area contributed by atoms with Crippen LogP contribution in [0.1, 0.15) is 36.7 Å². The molecule has 0 bridgehead atoms. The Morgan fingerprint density at radius 3 is 2.37 bits per heavy atom. The SMILES string of the molecule is CCOC(=O)c1cccc(OCC(=O)NCCc2ccc(OCC)c(OCC)c2)c1. The van der Waals surface area contributed by atoms with Gasteiger partial charge >= 0.3 is 5.97 Å². The molecule has 0 atom stereocenters. The van der Waals surface area contributed by atoms with Gasteiger partial charge in [-0.05, 0) is 63.1 Å². The zero-order valence-corrected chi connectivity index (χ0v) is 17.7. The van der Waals surface area contributed by atoms with Gasteiger partial charge in [0, 0.05) is 6.54 Å². The summed E-state index contributed by atoms with van der Waals surface area (Å²) in [5.74, 6) is 1.18. The van der Waals surface area contributed by atoms with Crippen LogP contribution in [0.15, 0.2) is 42.5 Å². The van der Waals surface area contributed by atoms with Crippen molar-refractivity contribution < 1.29 is 28.5 Å². The molecule has 0 heterocycles. The van der Waals surface area contributed by atoms with Crippen molar-refractivity contribution in [2.75, 3.05) is 33.0 Å². The van der Waals surface area contributed by atoms with Crippen molar-refractivity contribution in [2.24, 2.45) is 0 Å². The molecule has 7 heteroatoms. The van der Waals surface area contributed by atoms with Gasteiger partial charge in [0.15, 0.2) is 18.1 Å². The molecule has 0 spiro atoms. The summed E-state index contributed by atoms with van der Waals surface area (Å²) in [5.41, 5.74) is 1.42. The number of carbonyl (C=O) groups excluding carboxylic acids is 2. The standard InChI is InChI=1S/C23H29NO6/c1-4-27-20-11-10-17(14-21(20)28-5-2)12-13-24-22(25)16-30-19-9-7-8-18(15-19)23(26)29-6-3/h7-11,14-15H,4-6,12-13,16H2,1-3H3,(H,24,25). The predicted molar refractivity (Wildman–Crippen MR) is 113 cm³/mol. The average Bonchev–Trinajstić information content (AvgIpc) is 2.75. The number of rotatable bonds is 12. The van der Waals surface area contributed by atoms with E-state index in [1.807, 2.05) is 32.0 Å². The molecule has 1 amide bonds. The summed E-state index contributed by atoms with van der Waals surface area (Å²) >= 11 is 0. The van der Waals surface area contributed by atoms with E-state index < -0.39 is 5.97 Å². The highest BCUT2D eigenvalue weighted by Gasteiger charge is 2.09. The van der Waals surface area contributed by atoms with Gasteiger partial charge in [-0.2, -0.15) is 0 Å². The quantitative estimate of drug-likeness (QED) is 0.535. The van der Waals surface area contributed by atoms with Crippen molar-refractivity contribution in [3.63, 3.8) is 0 Å². The Labute approximate surface area is 177 Å². The molecule has 0 saturated heterocycles. The van der Waals surface area contributed by atoms with E-state index in [9.17, 15) is 9.59 Å². The van der Waals surface area contributed by atoms with Crippen molar-refractivity contribution in [1.29, 1.82) is 0 Å². The number of nitrogens with one attached hydrogen (secondary N) is 1. The summed E-state index contributed by atoms with van der Waals surface area (Å²) in [6.07, 6.45) is 0.649. The van der Waals surface area contributed by atoms with Gasteiger partial charge in [0.2, 0.25) is 0 Å². The average molecular weight is 415 g/mol. The second kappa shape index (κ2) is 12.4. The highest BCUT2D eigenvalue weighted by Crippen LogP contribution is 2.28. The summed E-state index contributed by atoms with van der Waals surface area (Å²) < 4.78 is 21.6. The first-order valence-corrected chi connectivity index (χ1v) is 10.1. The molecule has 0 aliphatic heterocycles. The molecular weight excluding hydrogens is 386 g/mol. The molecular formula is C23H29NO6. The molecule has 2 rings (SSSR count). The van der Waals surface area contributed by atoms with Crippen molar-refractivity contribution >= 4 is 11.9 Å². The monoisotopic (exact) mass is 415 g/mol. The number of esters is 1. The van der Waals surface area contributed by atoms with Gasteiger partial charge in [-0.3, -0.25) is 4.79 Å². The molecule has 162 valence electrons. The van der Waals surface area contributed by atoms with Crippen LogP contribution in [0, 0.1) is 0 Å². The highest BCUT2D eigenvalue weighted by molar-refractivity contribution is 5.89. The van der Waals surface area contributed by atoms with Crippen molar-refractivity contribution in [1.82, 2.24) is 5.32 Å². The lowest BCUT2D eigenvalue weighted by atomic mass is 10.1. The van der Waals surface area contributed by atoms with Gasteiger partial charge in [0.05, 0.1) is 25.4 Å². The molecule has 0 unspecified atom stereocenters. The molecule has 0 aliphatic rings. The van der Waals surface area contributed by atoms with E-state index >= 15 is 0 Å². The Balaban J connectivity index is 1.81. The summed E-state index contributed by atoms with van der Waals surface area (Å²) in [5, 5.41) is 2.82. The molecule has 2 aromatic rings. The predicted octanol–water partition coefficient (Wildman–Crippen LogP) is 3.40. The first kappa shape index (κ1) is 23.1. The minimum absolute atomic E-state index is 0.139. The number of carbonyl (C=O) groups is 2. The number of amides is 1. The lowest BCUT2D eigenvalue weighted by molar-refractivity contribution is -0.123. The smallest absolute Gasteiger partial charge is 0.338 e. The zero-order chi connectivity index (χ0) is 21.8.